The summed E-state index contributed by atoms with van der Waals surface area (Å²) in [6, 6.07) is 7.61. The predicted molar refractivity (Wildman–Crippen MR) is 76.3 cm³/mol. The third-order valence-corrected chi connectivity index (χ3v) is 2.82. The van der Waals surface area contributed by atoms with Crippen LogP contribution in [0.4, 0.5) is 24.7 Å². The minimum absolute atomic E-state index is 0.0221. The number of halogens is 3. The van der Waals surface area contributed by atoms with Crippen LogP contribution in [0.5, 0.6) is 5.75 Å². The van der Waals surface area contributed by atoms with Crippen molar-refractivity contribution in [3.8, 4) is 5.75 Å². The van der Waals surface area contributed by atoms with Crippen LogP contribution in [0.3, 0.4) is 0 Å². The molecule has 1 N–H and O–H groups in total. The molecule has 0 amide bonds. The summed E-state index contributed by atoms with van der Waals surface area (Å²) in [6.45, 7) is 0.169. The summed E-state index contributed by atoms with van der Waals surface area (Å²) < 4.78 is 43.4. The first-order valence-electron chi connectivity index (χ1n) is 6.51. The summed E-state index contributed by atoms with van der Waals surface area (Å²) in [5, 5.41) is 13.3. The maximum atomic E-state index is 12.8. The van der Waals surface area contributed by atoms with Gasteiger partial charge in [0.25, 0.3) is 5.69 Å². The van der Waals surface area contributed by atoms with Gasteiger partial charge in [-0.25, -0.2) is 4.98 Å². The average molecular weight is 327 g/mol. The molecule has 122 valence electrons. The Morgan fingerprint density at radius 3 is 2.57 bits per heavy atom. The number of alkyl halides is 3. The summed E-state index contributed by atoms with van der Waals surface area (Å²) in [7, 11) is 0. The Kier molecular flexibility index (Phi) is 4.99. The number of ether oxygens (including phenoxy) is 1. The summed E-state index contributed by atoms with van der Waals surface area (Å²) in [5.74, 6) is 0.113. The van der Waals surface area contributed by atoms with E-state index in [2.05, 4.69) is 10.3 Å². The van der Waals surface area contributed by atoms with Crippen LogP contribution in [-0.2, 0) is 6.18 Å². The average Bonchev–Trinajstić information content (AvgIpc) is 2.51. The number of para-hydroxylation sites is 1. The first kappa shape index (κ1) is 16.5. The molecule has 0 aliphatic rings. The zero-order valence-electron chi connectivity index (χ0n) is 11.7. The molecule has 0 saturated carbocycles. The zero-order valence-corrected chi connectivity index (χ0v) is 11.7. The lowest BCUT2D eigenvalue weighted by molar-refractivity contribution is -0.385. The van der Waals surface area contributed by atoms with Gasteiger partial charge >= 0.3 is 6.18 Å². The van der Waals surface area contributed by atoms with Crippen molar-refractivity contribution >= 4 is 11.5 Å². The highest BCUT2D eigenvalue weighted by Gasteiger charge is 2.33. The number of anilines is 1. The minimum atomic E-state index is -4.48. The van der Waals surface area contributed by atoms with Crippen LogP contribution in [0.15, 0.2) is 42.6 Å². The summed E-state index contributed by atoms with van der Waals surface area (Å²) in [4.78, 5) is 13.7. The van der Waals surface area contributed by atoms with E-state index in [0.29, 0.717) is 5.82 Å². The highest BCUT2D eigenvalue weighted by molar-refractivity contribution is 5.40. The van der Waals surface area contributed by atoms with Gasteiger partial charge in [-0.1, -0.05) is 12.1 Å². The van der Waals surface area contributed by atoms with E-state index in [4.69, 9.17) is 4.74 Å². The fraction of sp³-hybridized carbons (Fsp3) is 0.214. The number of aromatic nitrogens is 1. The molecular weight excluding hydrogens is 315 g/mol. The standard InChI is InChI=1S/C14H12F3N3O3/c15-14(16,17)11-3-1-2-4-12(11)23-8-7-18-13-6-5-10(9-19-13)20(21)22/h1-6,9H,7-8H2,(H,18,19). The van der Waals surface area contributed by atoms with Crippen molar-refractivity contribution in [3.05, 3.63) is 58.3 Å². The number of hydrogen-bond donors (Lipinski definition) is 1. The molecule has 0 saturated heterocycles. The van der Waals surface area contributed by atoms with Crippen molar-refractivity contribution < 1.29 is 22.8 Å². The van der Waals surface area contributed by atoms with E-state index in [-0.39, 0.29) is 24.6 Å². The van der Waals surface area contributed by atoms with Crippen LogP contribution in [0.25, 0.3) is 0 Å². The van der Waals surface area contributed by atoms with Gasteiger partial charge in [-0.2, -0.15) is 13.2 Å². The molecule has 0 aliphatic heterocycles. The molecule has 0 radical (unpaired) electrons. The van der Waals surface area contributed by atoms with Gasteiger partial charge in [-0.15, -0.1) is 0 Å². The third kappa shape index (κ3) is 4.56. The lowest BCUT2D eigenvalue weighted by Gasteiger charge is -2.14. The van der Waals surface area contributed by atoms with Gasteiger partial charge in [-0.05, 0) is 18.2 Å². The zero-order chi connectivity index (χ0) is 16.9. The molecule has 23 heavy (non-hydrogen) atoms. The normalized spacial score (nSPS) is 11.1. The number of benzene rings is 1. The van der Waals surface area contributed by atoms with E-state index in [1.807, 2.05) is 0 Å². The van der Waals surface area contributed by atoms with Crippen LogP contribution in [0.1, 0.15) is 5.56 Å². The fourth-order valence-electron chi connectivity index (χ4n) is 1.77. The fourth-order valence-corrected chi connectivity index (χ4v) is 1.77. The number of pyridine rings is 1. The van der Waals surface area contributed by atoms with Gasteiger partial charge < -0.3 is 10.1 Å². The van der Waals surface area contributed by atoms with Crippen LogP contribution in [0.2, 0.25) is 0 Å². The molecule has 0 aliphatic carbocycles. The lowest BCUT2D eigenvalue weighted by atomic mass is 10.2. The van der Waals surface area contributed by atoms with Gasteiger partial charge in [0.15, 0.2) is 0 Å². The quantitative estimate of drug-likeness (QED) is 0.499. The van der Waals surface area contributed by atoms with Gasteiger partial charge in [-0.3, -0.25) is 10.1 Å². The Morgan fingerprint density at radius 1 is 1.22 bits per heavy atom. The first-order chi connectivity index (χ1) is 10.9. The van der Waals surface area contributed by atoms with Crippen LogP contribution >= 0.6 is 0 Å². The molecule has 0 atom stereocenters. The molecule has 1 aromatic heterocycles. The number of hydrogen-bond acceptors (Lipinski definition) is 5. The molecule has 0 bridgehead atoms. The Balaban J connectivity index is 1.87. The Hall–Kier alpha value is -2.84. The van der Waals surface area contributed by atoms with Crippen LogP contribution in [-0.4, -0.2) is 23.1 Å². The van der Waals surface area contributed by atoms with Gasteiger partial charge in [0.1, 0.15) is 24.4 Å². The van der Waals surface area contributed by atoms with E-state index in [0.717, 1.165) is 12.3 Å². The molecule has 0 unspecified atom stereocenters. The van der Waals surface area contributed by atoms with E-state index in [1.54, 1.807) is 0 Å². The molecule has 0 fully saturated rings. The van der Waals surface area contributed by atoms with Gasteiger partial charge in [0.05, 0.1) is 17.0 Å². The third-order valence-electron chi connectivity index (χ3n) is 2.82. The van der Waals surface area contributed by atoms with E-state index >= 15 is 0 Å². The smallest absolute Gasteiger partial charge is 0.419 e. The molecule has 1 heterocycles. The second-order valence-corrected chi connectivity index (χ2v) is 4.43. The van der Waals surface area contributed by atoms with E-state index < -0.39 is 16.7 Å². The van der Waals surface area contributed by atoms with Crippen LogP contribution < -0.4 is 10.1 Å². The van der Waals surface area contributed by atoms with Crippen molar-refractivity contribution in [1.82, 2.24) is 4.98 Å². The summed E-state index contributed by atoms with van der Waals surface area (Å²) in [6.07, 6.45) is -3.40. The SMILES string of the molecule is O=[N+]([O-])c1ccc(NCCOc2ccccc2C(F)(F)F)nc1. The second-order valence-electron chi connectivity index (χ2n) is 4.43. The number of nitrogens with zero attached hydrogens (tertiary/aromatic N) is 2. The molecule has 6 nitrogen and oxygen atoms in total. The van der Waals surface area contributed by atoms with Crippen molar-refractivity contribution in [2.24, 2.45) is 0 Å². The summed E-state index contributed by atoms with van der Waals surface area (Å²) in [5.41, 5.74) is -0.987. The maximum absolute atomic E-state index is 12.8. The molecule has 2 rings (SSSR count). The molecule has 0 spiro atoms. The lowest BCUT2D eigenvalue weighted by Crippen LogP contribution is -2.15. The minimum Gasteiger partial charge on any atom is -0.491 e. The maximum Gasteiger partial charge on any atom is 0.419 e. The van der Waals surface area contributed by atoms with Gasteiger partial charge in [0.2, 0.25) is 0 Å². The van der Waals surface area contributed by atoms with Crippen molar-refractivity contribution in [2.45, 2.75) is 6.18 Å². The highest BCUT2D eigenvalue weighted by atomic mass is 19.4. The molecule has 9 heteroatoms. The number of nitro groups is 1. The Labute approximate surface area is 129 Å². The van der Waals surface area contributed by atoms with E-state index in [9.17, 15) is 23.3 Å². The topological polar surface area (TPSA) is 77.3 Å². The number of nitrogens with one attached hydrogen (secondary N) is 1. The molecule has 1 aromatic carbocycles. The first-order valence-corrected chi connectivity index (χ1v) is 6.51. The monoisotopic (exact) mass is 327 g/mol. The molecule has 2 aromatic rings. The largest absolute Gasteiger partial charge is 0.491 e. The van der Waals surface area contributed by atoms with Gasteiger partial charge in [0, 0.05) is 6.07 Å². The predicted octanol–water partition coefficient (Wildman–Crippen LogP) is 3.50. The van der Waals surface area contributed by atoms with Crippen molar-refractivity contribution in [2.75, 3.05) is 18.5 Å². The number of rotatable bonds is 6. The summed E-state index contributed by atoms with van der Waals surface area (Å²) >= 11 is 0. The van der Waals surface area contributed by atoms with Crippen LogP contribution in [0, 0.1) is 10.1 Å². The van der Waals surface area contributed by atoms with E-state index in [1.165, 1.54) is 30.3 Å². The Bertz CT molecular complexity index is 675. The van der Waals surface area contributed by atoms with Crippen molar-refractivity contribution in [3.63, 3.8) is 0 Å². The Morgan fingerprint density at radius 2 is 1.96 bits per heavy atom. The second kappa shape index (κ2) is 6.95. The highest BCUT2D eigenvalue weighted by Crippen LogP contribution is 2.35. The van der Waals surface area contributed by atoms with Crippen molar-refractivity contribution in [1.29, 1.82) is 0 Å². The molecular formula is C14H12F3N3O3.